The maximum atomic E-state index is 3.74. The standard InChI is InChI=1S/C16H26N2/c1-14-5-7-15(8-6-14)9-11-16(13-18(2)3)10-4-12-17-16/h5-8,17H,4,9-13H2,1-3H3. The average molecular weight is 246 g/mol. The van der Waals surface area contributed by atoms with Crippen LogP contribution in [0.25, 0.3) is 0 Å². The van der Waals surface area contributed by atoms with Crippen LogP contribution in [0.5, 0.6) is 0 Å². The molecule has 1 saturated heterocycles. The minimum atomic E-state index is 0.342. The Morgan fingerprint density at radius 2 is 1.94 bits per heavy atom. The molecule has 1 heterocycles. The van der Waals surface area contributed by atoms with Gasteiger partial charge < -0.3 is 10.2 Å². The largest absolute Gasteiger partial charge is 0.310 e. The summed E-state index contributed by atoms with van der Waals surface area (Å²) >= 11 is 0. The zero-order valence-corrected chi connectivity index (χ0v) is 12.0. The van der Waals surface area contributed by atoms with E-state index >= 15 is 0 Å². The van der Waals surface area contributed by atoms with Crippen molar-refractivity contribution in [3.63, 3.8) is 0 Å². The molecule has 0 aliphatic carbocycles. The lowest BCUT2D eigenvalue weighted by molar-refractivity contribution is 0.243. The summed E-state index contributed by atoms with van der Waals surface area (Å²) in [6.07, 6.45) is 5.06. The van der Waals surface area contributed by atoms with Gasteiger partial charge in [0.15, 0.2) is 0 Å². The molecule has 1 atom stereocenters. The van der Waals surface area contributed by atoms with Gasteiger partial charge in [0.1, 0.15) is 0 Å². The average Bonchev–Trinajstić information content (AvgIpc) is 2.76. The quantitative estimate of drug-likeness (QED) is 0.859. The Bertz CT molecular complexity index is 361. The van der Waals surface area contributed by atoms with Gasteiger partial charge in [-0.25, -0.2) is 0 Å². The molecule has 100 valence electrons. The normalized spacial score (nSPS) is 23.8. The van der Waals surface area contributed by atoms with Gasteiger partial charge in [0, 0.05) is 12.1 Å². The van der Waals surface area contributed by atoms with Crippen LogP contribution in [-0.2, 0) is 6.42 Å². The lowest BCUT2D eigenvalue weighted by Gasteiger charge is -2.32. The van der Waals surface area contributed by atoms with Gasteiger partial charge in [-0.1, -0.05) is 29.8 Å². The molecule has 1 aliphatic heterocycles. The highest BCUT2D eigenvalue weighted by Gasteiger charge is 2.33. The Hall–Kier alpha value is -0.860. The molecule has 1 N–H and O–H groups in total. The molecule has 2 heteroatoms. The third kappa shape index (κ3) is 3.56. The predicted molar refractivity (Wildman–Crippen MR) is 78.0 cm³/mol. The van der Waals surface area contributed by atoms with Gasteiger partial charge in [0.05, 0.1) is 0 Å². The van der Waals surface area contributed by atoms with Crippen molar-refractivity contribution < 1.29 is 0 Å². The molecule has 1 aromatic rings. The first-order chi connectivity index (χ1) is 8.60. The van der Waals surface area contributed by atoms with Crippen molar-refractivity contribution in [2.75, 3.05) is 27.2 Å². The number of hydrogen-bond donors (Lipinski definition) is 1. The molecular formula is C16H26N2. The maximum Gasteiger partial charge on any atom is 0.0312 e. The van der Waals surface area contributed by atoms with Gasteiger partial charge in [-0.2, -0.15) is 0 Å². The lowest BCUT2D eigenvalue weighted by Crippen LogP contribution is -2.48. The number of nitrogens with one attached hydrogen (secondary N) is 1. The molecule has 18 heavy (non-hydrogen) atoms. The smallest absolute Gasteiger partial charge is 0.0312 e. The van der Waals surface area contributed by atoms with Gasteiger partial charge in [0.25, 0.3) is 0 Å². The topological polar surface area (TPSA) is 15.3 Å². The molecule has 2 rings (SSSR count). The van der Waals surface area contributed by atoms with Crippen LogP contribution in [0.1, 0.15) is 30.4 Å². The number of likely N-dealkylation sites (N-methyl/N-ethyl adjacent to an activating group) is 1. The van der Waals surface area contributed by atoms with Gasteiger partial charge in [-0.05, 0) is 58.8 Å². The van der Waals surface area contributed by atoms with Crippen molar-refractivity contribution in [1.82, 2.24) is 10.2 Å². The van der Waals surface area contributed by atoms with Crippen LogP contribution in [0.2, 0.25) is 0 Å². The van der Waals surface area contributed by atoms with Crippen molar-refractivity contribution in [2.45, 2.75) is 38.1 Å². The Kier molecular flexibility index (Phi) is 4.41. The van der Waals surface area contributed by atoms with E-state index in [1.54, 1.807) is 0 Å². The summed E-state index contributed by atoms with van der Waals surface area (Å²) in [6, 6.07) is 8.98. The van der Waals surface area contributed by atoms with E-state index in [-0.39, 0.29) is 0 Å². The fraction of sp³-hybridized carbons (Fsp3) is 0.625. The molecule has 0 spiro atoms. The number of nitrogens with zero attached hydrogens (tertiary/aromatic N) is 1. The minimum Gasteiger partial charge on any atom is -0.310 e. The van der Waals surface area contributed by atoms with Crippen molar-refractivity contribution in [3.8, 4) is 0 Å². The Balaban J connectivity index is 1.95. The van der Waals surface area contributed by atoms with E-state index in [2.05, 4.69) is 55.5 Å². The number of aryl methyl sites for hydroxylation is 2. The number of hydrogen-bond acceptors (Lipinski definition) is 2. The fourth-order valence-corrected chi connectivity index (χ4v) is 3.04. The summed E-state index contributed by atoms with van der Waals surface area (Å²) in [4.78, 5) is 2.31. The molecule has 1 fully saturated rings. The van der Waals surface area contributed by atoms with E-state index in [0.29, 0.717) is 5.54 Å². The van der Waals surface area contributed by atoms with E-state index in [1.807, 2.05) is 0 Å². The molecule has 0 aromatic heterocycles. The van der Waals surface area contributed by atoms with Crippen molar-refractivity contribution in [2.24, 2.45) is 0 Å². The lowest BCUT2D eigenvalue weighted by atomic mass is 9.89. The molecular weight excluding hydrogens is 220 g/mol. The summed E-state index contributed by atoms with van der Waals surface area (Å²) in [5.74, 6) is 0. The summed E-state index contributed by atoms with van der Waals surface area (Å²) in [7, 11) is 4.35. The predicted octanol–water partition coefficient (Wildman–Crippen LogP) is 2.61. The number of rotatable bonds is 5. The first-order valence-corrected chi connectivity index (χ1v) is 7.05. The maximum absolute atomic E-state index is 3.74. The zero-order valence-electron chi connectivity index (χ0n) is 12.0. The molecule has 2 nitrogen and oxygen atoms in total. The van der Waals surface area contributed by atoms with Crippen LogP contribution in [0, 0.1) is 6.92 Å². The summed E-state index contributed by atoms with van der Waals surface area (Å²) in [5.41, 5.74) is 3.15. The van der Waals surface area contributed by atoms with Crippen LogP contribution < -0.4 is 5.32 Å². The first-order valence-electron chi connectivity index (χ1n) is 7.05. The van der Waals surface area contributed by atoms with Crippen LogP contribution in [0.4, 0.5) is 0 Å². The molecule has 1 aliphatic rings. The van der Waals surface area contributed by atoms with Gasteiger partial charge in [-0.3, -0.25) is 0 Å². The Labute approximate surface area is 111 Å². The second-order valence-electron chi connectivity index (χ2n) is 6.03. The molecule has 0 saturated carbocycles. The van der Waals surface area contributed by atoms with E-state index in [9.17, 15) is 0 Å². The van der Waals surface area contributed by atoms with Crippen molar-refractivity contribution in [3.05, 3.63) is 35.4 Å². The highest BCUT2D eigenvalue weighted by molar-refractivity contribution is 5.21. The van der Waals surface area contributed by atoms with Crippen LogP contribution in [0.3, 0.4) is 0 Å². The van der Waals surface area contributed by atoms with Gasteiger partial charge in [-0.15, -0.1) is 0 Å². The third-order valence-corrected chi connectivity index (χ3v) is 3.96. The molecule has 0 amide bonds. The monoisotopic (exact) mass is 246 g/mol. The molecule has 0 bridgehead atoms. The highest BCUT2D eigenvalue weighted by atomic mass is 15.1. The van der Waals surface area contributed by atoms with Gasteiger partial charge in [0.2, 0.25) is 0 Å². The van der Waals surface area contributed by atoms with Crippen LogP contribution >= 0.6 is 0 Å². The van der Waals surface area contributed by atoms with E-state index < -0.39 is 0 Å². The summed E-state index contributed by atoms with van der Waals surface area (Å²) in [6.45, 7) is 4.48. The van der Waals surface area contributed by atoms with E-state index in [4.69, 9.17) is 0 Å². The van der Waals surface area contributed by atoms with Crippen molar-refractivity contribution >= 4 is 0 Å². The SMILES string of the molecule is Cc1ccc(CCC2(CN(C)C)CCCN2)cc1. The molecule has 1 aromatic carbocycles. The molecule has 1 unspecified atom stereocenters. The van der Waals surface area contributed by atoms with Crippen molar-refractivity contribution in [1.29, 1.82) is 0 Å². The second kappa shape index (κ2) is 5.85. The van der Waals surface area contributed by atoms with Gasteiger partial charge >= 0.3 is 0 Å². The highest BCUT2D eigenvalue weighted by Crippen LogP contribution is 2.25. The van der Waals surface area contributed by atoms with Crippen LogP contribution in [0.15, 0.2) is 24.3 Å². The second-order valence-corrected chi connectivity index (χ2v) is 6.03. The van der Waals surface area contributed by atoms with Crippen LogP contribution in [-0.4, -0.2) is 37.6 Å². The zero-order chi connectivity index (χ0) is 13.0. The summed E-state index contributed by atoms with van der Waals surface area (Å²) in [5, 5.41) is 3.74. The third-order valence-electron chi connectivity index (χ3n) is 3.96. The summed E-state index contributed by atoms with van der Waals surface area (Å²) < 4.78 is 0. The Morgan fingerprint density at radius 1 is 1.22 bits per heavy atom. The first kappa shape index (κ1) is 13.6. The number of benzene rings is 1. The molecule has 0 radical (unpaired) electrons. The van der Waals surface area contributed by atoms with E-state index in [1.165, 1.54) is 43.4 Å². The fourth-order valence-electron chi connectivity index (χ4n) is 3.04. The Morgan fingerprint density at radius 3 is 2.50 bits per heavy atom. The minimum absolute atomic E-state index is 0.342. The van der Waals surface area contributed by atoms with E-state index in [0.717, 1.165) is 6.54 Å².